The Labute approximate surface area is 140 Å². The fraction of sp³-hybridized carbons (Fsp3) is 0.611. The summed E-state index contributed by atoms with van der Waals surface area (Å²) >= 11 is 0. The minimum absolute atomic E-state index is 0. The normalized spacial score (nSPS) is 20.7. The van der Waals surface area contributed by atoms with Crippen molar-refractivity contribution in [1.29, 1.82) is 0 Å². The number of amides is 1. The van der Waals surface area contributed by atoms with E-state index in [4.69, 9.17) is 5.73 Å². The third kappa shape index (κ3) is 3.64. The molecule has 0 aliphatic heterocycles. The van der Waals surface area contributed by atoms with Crippen LogP contribution in [0.1, 0.15) is 57.6 Å². The molecule has 0 radical (unpaired) electrons. The first-order chi connectivity index (χ1) is 9.95. The molecule has 0 spiro atoms. The predicted octanol–water partition coefficient (Wildman–Crippen LogP) is 3.34. The average molecular weight is 325 g/mol. The smallest absolute Gasteiger partial charge is 0.230 e. The summed E-state index contributed by atoms with van der Waals surface area (Å²) in [5.74, 6) is 0.117. The van der Waals surface area contributed by atoms with Gasteiger partial charge in [0, 0.05) is 12.1 Å². The van der Waals surface area contributed by atoms with Crippen LogP contribution in [-0.4, -0.2) is 18.0 Å². The lowest BCUT2D eigenvalue weighted by Crippen LogP contribution is -2.53. The molecular weight excluding hydrogens is 296 g/mol. The number of fused-ring (bicyclic) bond motifs is 1. The number of halogens is 1. The van der Waals surface area contributed by atoms with Gasteiger partial charge in [0.2, 0.25) is 5.91 Å². The van der Waals surface area contributed by atoms with Gasteiger partial charge in [-0.2, -0.15) is 0 Å². The Kier molecular flexibility index (Phi) is 6.45. The molecule has 2 rings (SSSR count). The van der Waals surface area contributed by atoms with Gasteiger partial charge in [0.1, 0.15) is 0 Å². The Balaban J connectivity index is 0.00000242. The van der Waals surface area contributed by atoms with Crippen LogP contribution in [0, 0.1) is 0 Å². The van der Waals surface area contributed by atoms with E-state index >= 15 is 0 Å². The van der Waals surface area contributed by atoms with Gasteiger partial charge in [0.15, 0.2) is 0 Å². The maximum atomic E-state index is 12.8. The highest BCUT2D eigenvalue weighted by atomic mass is 35.5. The molecule has 1 unspecified atom stereocenters. The highest BCUT2D eigenvalue weighted by Crippen LogP contribution is 2.37. The maximum Gasteiger partial charge on any atom is 0.230 e. The van der Waals surface area contributed by atoms with E-state index in [1.54, 1.807) is 0 Å². The summed E-state index contributed by atoms with van der Waals surface area (Å²) < 4.78 is 0. The van der Waals surface area contributed by atoms with Crippen LogP contribution in [0.3, 0.4) is 0 Å². The van der Waals surface area contributed by atoms with Gasteiger partial charge >= 0.3 is 0 Å². The molecule has 1 aromatic carbocycles. The van der Waals surface area contributed by atoms with Crippen molar-refractivity contribution < 1.29 is 4.79 Å². The van der Waals surface area contributed by atoms with Crippen molar-refractivity contribution in [3.8, 4) is 0 Å². The summed E-state index contributed by atoms with van der Waals surface area (Å²) in [4.78, 5) is 12.8. The maximum absolute atomic E-state index is 12.8. The number of carbonyl (C=O) groups is 1. The summed E-state index contributed by atoms with van der Waals surface area (Å²) in [5, 5.41) is 3.11. The monoisotopic (exact) mass is 324 g/mol. The number of nitrogens with one attached hydrogen (secondary N) is 1. The van der Waals surface area contributed by atoms with Crippen LogP contribution in [0.25, 0.3) is 0 Å². The quantitative estimate of drug-likeness (QED) is 0.872. The predicted molar refractivity (Wildman–Crippen MR) is 94.5 cm³/mol. The minimum Gasteiger partial charge on any atom is -0.353 e. The molecule has 1 aliphatic rings. The lowest BCUT2D eigenvalue weighted by molar-refractivity contribution is -0.127. The van der Waals surface area contributed by atoms with Gasteiger partial charge in [-0.3, -0.25) is 4.79 Å². The second kappa shape index (κ2) is 7.47. The molecule has 1 aliphatic carbocycles. The molecule has 22 heavy (non-hydrogen) atoms. The molecular formula is C18H29ClN2O. The lowest BCUT2D eigenvalue weighted by Gasteiger charge is -2.36. The van der Waals surface area contributed by atoms with Crippen LogP contribution >= 0.6 is 12.4 Å². The van der Waals surface area contributed by atoms with Crippen molar-refractivity contribution >= 4 is 18.3 Å². The highest BCUT2D eigenvalue weighted by Gasteiger charge is 2.39. The standard InChI is InChI=1S/C18H28N2O.ClH/c1-4-18(19,5-2)13-20-16(21)17(3)12-8-10-14-9-6-7-11-15(14)17;/h6-7,9,11H,4-5,8,10,12-13,19H2,1-3H3,(H,20,21);1H. The number of carbonyl (C=O) groups excluding carboxylic acids is 1. The Morgan fingerprint density at radius 1 is 1.32 bits per heavy atom. The zero-order chi connectivity index (χ0) is 15.5. The van der Waals surface area contributed by atoms with Gasteiger partial charge in [-0.15, -0.1) is 12.4 Å². The molecule has 1 atom stereocenters. The molecule has 124 valence electrons. The summed E-state index contributed by atoms with van der Waals surface area (Å²) in [6.07, 6.45) is 4.79. The summed E-state index contributed by atoms with van der Waals surface area (Å²) in [6.45, 7) is 6.77. The second-order valence-electron chi connectivity index (χ2n) is 6.59. The van der Waals surface area contributed by atoms with E-state index in [0.717, 1.165) is 32.1 Å². The number of nitrogens with two attached hydrogens (primary N) is 1. The number of hydrogen-bond donors (Lipinski definition) is 2. The first kappa shape index (κ1) is 19.0. The number of benzene rings is 1. The average Bonchev–Trinajstić information content (AvgIpc) is 2.52. The molecule has 0 fully saturated rings. The molecule has 3 N–H and O–H groups in total. The summed E-state index contributed by atoms with van der Waals surface area (Å²) in [7, 11) is 0. The van der Waals surface area contributed by atoms with Crippen molar-refractivity contribution in [3.05, 3.63) is 35.4 Å². The van der Waals surface area contributed by atoms with Gasteiger partial charge in [-0.05, 0) is 50.2 Å². The molecule has 0 heterocycles. The second-order valence-corrected chi connectivity index (χ2v) is 6.59. The fourth-order valence-corrected chi connectivity index (χ4v) is 3.23. The van der Waals surface area contributed by atoms with E-state index in [1.807, 2.05) is 6.07 Å². The van der Waals surface area contributed by atoms with Crippen LogP contribution in [0.5, 0.6) is 0 Å². The first-order valence-electron chi connectivity index (χ1n) is 8.11. The van der Waals surface area contributed by atoms with E-state index in [1.165, 1.54) is 11.1 Å². The SMILES string of the molecule is CCC(N)(CC)CNC(=O)C1(C)CCCc2ccccc21.Cl. The summed E-state index contributed by atoms with van der Waals surface area (Å²) in [6, 6.07) is 8.33. The van der Waals surface area contributed by atoms with Crippen molar-refractivity contribution in [3.63, 3.8) is 0 Å². The third-order valence-corrected chi connectivity index (χ3v) is 5.25. The molecule has 3 nitrogen and oxygen atoms in total. The van der Waals surface area contributed by atoms with Crippen molar-refractivity contribution in [1.82, 2.24) is 5.32 Å². The first-order valence-corrected chi connectivity index (χ1v) is 8.11. The number of rotatable bonds is 5. The largest absolute Gasteiger partial charge is 0.353 e. The van der Waals surface area contributed by atoms with Crippen LogP contribution < -0.4 is 11.1 Å². The zero-order valence-corrected chi connectivity index (χ0v) is 14.8. The van der Waals surface area contributed by atoms with E-state index in [-0.39, 0.29) is 23.9 Å². The van der Waals surface area contributed by atoms with E-state index in [0.29, 0.717) is 6.54 Å². The van der Waals surface area contributed by atoms with Crippen LogP contribution in [0.4, 0.5) is 0 Å². The molecule has 0 bridgehead atoms. The Morgan fingerprint density at radius 3 is 2.59 bits per heavy atom. The van der Waals surface area contributed by atoms with Crippen LogP contribution in [-0.2, 0) is 16.6 Å². The molecule has 1 amide bonds. The fourth-order valence-electron chi connectivity index (χ4n) is 3.23. The lowest BCUT2D eigenvalue weighted by atomic mass is 9.70. The molecule has 0 saturated carbocycles. The van der Waals surface area contributed by atoms with Crippen molar-refractivity contribution in [2.24, 2.45) is 5.73 Å². The number of hydrogen-bond acceptors (Lipinski definition) is 2. The highest BCUT2D eigenvalue weighted by molar-refractivity contribution is 5.88. The van der Waals surface area contributed by atoms with E-state index in [2.05, 4.69) is 44.3 Å². The third-order valence-electron chi connectivity index (χ3n) is 5.25. The summed E-state index contributed by atoms with van der Waals surface area (Å²) in [5.41, 5.74) is 8.08. The van der Waals surface area contributed by atoms with E-state index < -0.39 is 5.41 Å². The molecule has 0 saturated heterocycles. The number of aryl methyl sites for hydroxylation is 1. The zero-order valence-electron chi connectivity index (χ0n) is 13.9. The van der Waals surface area contributed by atoms with Gasteiger partial charge in [-0.25, -0.2) is 0 Å². The molecule has 0 aromatic heterocycles. The van der Waals surface area contributed by atoms with Crippen molar-refractivity contribution in [2.75, 3.05) is 6.54 Å². The Bertz CT molecular complexity index is 514. The Morgan fingerprint density at radius 2 is 1.95 bits per heavy atom. The molecule has 1 aromatic rings. The van der Waals surface area contributed by atoms with Gasteiger partial charge in [0.05, 0.1) is 5.41 Å². The van der Waals surface area contributed by atoms with Crippen LogP contribution in [0.15, 0.2) is 24.3 Å². The topological polar surface area (TPSA) is 55.1 Å². The minimum atomic E-state index is -0.419. The van der Waals surface area contributed by atoms with Crippen LogP contribution in [0.2, 0.25) is 0 Å². The Hall–Kier alpha value is -1.06. The van der Waals surface area contributed by atoms with Gasteiger partial charge < -0.3 is 11.1 Å². The van der Waals surface area contributed by atoms with Gasteiger partial charge in [-0.1, -0.05) is 38.1 Å². The van der Waals surface area contributed by atoms with Gasteiger partial charge in [0.25, 0.3) is 0 Å². The van der Waals surface area contributed by atoms with Crippen molar-refractivity contribution in [2.45, 2.75) is 63.8 Å². The van der Waals surface area contributed by atoms with E-state index in [9.17, 15) is 4.79 Å². The molecule has 4 heteroatoms.